The van der Waals surface area contributed by atoms with Crippen molar-refractivity contribution in [2.45, 2.75) is 26.3 Å². The lowest BCUT2D eigenvalue weighted by atomic mass is 10.0. The molecule has 0 unspecified atom stereocenters. The molecule has 0 saturated carbocycles. The number of hydrogen-bond donors (Lipinski definition) is 1. The van der Waals surface area contributed by atoms with Gasteiger partial charge in [-0.25, -0.2) is 0 Å². The van der Waals surface area contributed by atoms with Crippen molar-refractivity contribution in [3.63, 3.8) is 0 Å². The number of benzene rings is 1. The van der Waals surface area contributed by atoms with Gasteiger partial charge in [0.1, 0.15) is 6.54 Å². The minimum atomic E-state index is -1.17. The summed E-state index contributed by atoms with van der Waals surface area (Å²) < 4.78 is 0. The summed E-state index contributed by atoms with van der Waals surface area (Å²) in [6.07, 6.45) is 0. The Bertz CT molecular complexity index is 595. The zero-order valence-corrected chi connectivity index (χ0v) is 12.5. The minimum Gasteiger partial charge on any atom is -0.480 e. The lowest BCUT2D eigenvalue weighted by molar-refractivity contribution is -0.384. The second kappa shape index (κ2) is 6.09. The number of rotatable bonds is 4. The van der Waals surface area contributed by atoms with E-state index in [1.165, 1.54) is 6.07 Å². The van der Waals surface area contributed by atoms with Crippen LogP contribution in [0.1, 0.15) is 31.1 Å². The Kier molecular flexibility index (Phi) is 4.90. The zero-order valence-electron chi connectivity index (χ0n) is 11.8. The van der Waals surface area contributed by atoms with Crippen molar-refractivity contribution in [3.8, 4) is 0 Å². The van der Waals surface area contributed by atoms with E-state index in [0.29, 0.717) is 0 Å². The van der Waals surface area contributed by atoms with Crippen LogP contribution in [0.3, 0.4) is 0 Å². The molecular formula is C13H15ClN2O5. The first-order valence-electron chi connectivity index (χ1n) is 6.01. The number of carboxylic acid groups (broad SMARTS) is 1. The van der Waals surface area contributed by atoms with Gasteiger partial charge >= 0.3 is 5.97 Å². The molecule has 0 aliphatic carbocycles. The normalized spacial score (nSPS) is 11.0. The van der Waals surface area contributed by atoms with Gasteiger partial charge in [0.25, 0.3) is 11.6 Å². The smallest absolute Gasteiger partial charge is 0.323 e. The van der Waals surface area contributed by atoms with Gasteiger partial charge in [-0.2, -0.15) is 0 Å². The number of hydrogen-bond acceptors (Lipinski definition) is 4. The Morgan fingerprint density at radius 1 is 1.33 bits per heavy atom. The largest absolute Gasteiger partial charge is 0.480 e. The lowest BCUT2D eigenvalue weighted by Crippen LogP contribution is -2.48. The van der Waals surface area contributed by atoms with E-state index in [-0.39, 0.29) is 16.3 Å². The van der Waals surface area contributed by atoms with E-state index in [1.54, 1.807) is 20.8 Å². The van der Waals surface area contributed by atoms with Crippen LogP contribution >= 0.6 is 11.6 Å². The quantitative estimate of drug-likeness (QED) is 0.680. The van der Waals surface area contributed by atoms with Crippen molar-refractivity contribution in [1.82, 2.24) is 4.90 Å². The summed E-state index contributed by atoms with van der Waals surface area (Å²) in [6.45, 7) is 4.51. The fraction of sp³-hybridized carbons (Fsp3) is 0.385. The molecule has 1 aromatic rings. The molecule has 0 spiro atoms. The number of nitro benzene ring substituents is 1. The SMILES string of the molecule is CC(C)(C)N(CC(=O)O)C(=O)c1cc(Cl)cc([N+](=O)[O-])c1. The van der Waals surface area contributed by atoms with Crippen molar-refractivity contribution in [2.75, 3.05) is 6.54 Å². The maximum absolute atomic E-state index is 12.4. The molecule has 21 heavy (non-hydrogen) atoms. The summed E-state index contributed by atoms with van der Waals surface area (Å²) >= 11 is 5.77. The topological polar surface area (TPSA) is 101 Å². The average Bonchev–Trinajstić information content (AvgIpc) is 2.32. The molecule has 0 heterocycles. The van der Waals surface area contributed by atoms with Crippen molar-refractivity contribution in [2.24, 2.45) is 0 Å². The molecule has 8 heteroatoms. The van der Waals surface area contributed by atoms with E-state index in [1.807, 2.05) is 0 Å². The summed E-state index contributed by atoms with van der Waals surface area (Å²) in [6, 6.07) is 3.48. The van der Waals surface area contributed by atoms with Gasteiger partial charge in [0.05, 0.1) is 4.92 Å². The van der Waals surface area contributed by atoms with E-state index in [2.05, 4.69) is 0 Å². The van der Waals surface area contributed by atoms with Gasteiger partial charge in [-0.05, 0) is 26.8 Å². The predicted octanol–water partition coefficient (Wildman–Crippen LogP) is 2.57. The van der Waals surface area contributed by atoms with Crippen LogP contribution in [0, 0.1) is 10.1 Å². The standard InChI is InChI=1S/C13H15ClN2O5/c1-13(2,3)15(7-11(17)18)12(19)8-4-9(14)6-10(5-8)16(20)21/h4-6H,7H2,1-3H3,(H,17,18). The second-order valence-electron chi connectivity index (χ2n) is 5.41. The van der Waals surface area contributed by atoms with Gasteiger partial charge in [-0.3, -0.25) is 19.7 Å². The van der Waals surface area contributed by atoms with Crippen molar-refractivity contribution in [3.05, 3.63) is 38.9 Å². The summed E-state index contributed by atoms with van der Waals surface area (Å²) in [7, 11) is 0. The summed E-state index contributed by atoms with van der Waals surface area (Å²) in [4.78, 5) is 34.6. The van der Waals surface area contributed by atoms with E-state index < -0.39 is 28.9 Å². The third kappa shape index (κ3) is 4.42. The monoisotopic (exact) mass is 314 g/mol. The van der Waals surface area contributed by atoms with Gasteiger partial charge < -0.3 is 10.0 Å². The fourth-order valence-corrected chi connectivity index (χ4v) is 1.94. The number of aliphatic carboxylic acids is 1. The number of non-ortho nitro benzene ring substituents is 1. The van der Waals surface area contributed by atoms with Crippen LogP contribution in [-0.2, 0) is 4.79 Å². The van der Waals surface area contributed by atoms with Gasteiger partial charge in [0.2, 0.25) is 0 Å². The van der Waals surface area contributed by atoms with Crippen LogP contribution in [0.15, 0.2) is 18.2 Å². The Balaban J connectivity index is 3.26. The molecule has 1 N–H and O–H groups in total. The summed E-state index contributed by atoms with van der Waals surface area (Å²) in [5.41, 5.74) is -1.10. The van der Waals surface area contributed by atoms with Gasteiger partial charge in [-0.15, -0.1) is 0 Å². The predicted molar refractivity (Wildman–Crippen MR) is 76.5 cm³/mol. The molecule has 0 atom stereocenters. The first kappa shape index (κ1) is 16.9. The maximum atomic E-state index is 12.4. The molecule has 0 bridgehead atoms. The highest BCUT2D eigenvalue weighted by molar-refractivity contribution is 6.31. The highest BCUT2D eigenvalue weighted by atomic mass is 35.5. The molecule has 0 aromatic heterocycles. The number of nitrogens with zero attached hydrogens (tertiary/aromatic N) is 2. The first-order chi connectivity index (χ1) is 9.52. The Hall–Kier alpha value is -2.15. The average molecular weight is 315 g/mol. The molecule has 0 saturated heterocycles. The molecule has 0 aliphatic rings. The minimum absolute atomic E-state index is 0.0228. The lowest BCUT2D eigenvalue weighted by Gasteiger charge is -2.34. The van der Waals surface area contributed by atoms with Crippen molar-refractivity contribution >= 4 is 29.2 Å². The van der Waals surface area contributed by atoms with Crippen LogP contribution < -0.4 is 0 Å². The number of amides is 1. The molecular weight excluding hydrogens is 300 g/mol. The van der Waals surface area contributed by atoms with E-state index in [0.717, 1.165) is 17.0 Å². The zero-order chi connectivity index (χ0) is 16.4. The highest BCUT2D eigenvalue weighted by Crippen LogP contribution is 2.24. The maximum Gasteiger partial charge on any atom is 0.323 e. The van der Waals surface area contributed by atoms with Crippen LogP contribution in [0.2, 0.25) is 5.02 Å². The molecule has 0 aliphatic heterocycles. The molecule has 1 rings (SSSR count). The third-order valence-electron chi connectivity index (χ3n) is 2.69. The Morgan fingerprint density at radius 2 is 1.90 bits per heavy atom. The molecule has 114 valence electrons. The second-order valence-corrected chi connectivity index (χ2v) is 5.85. The number of nitro groups is 1. The fourth-order valence-electron chi connectivity index (χ4n) is 1.71. The number of halogens is 1. The molecule has 0 fully saturated rings. The third-order valence-corrected chi connectivity index (χ3v) is 2.91. The van der Waals surface area contributed by atoms with Gasteiger partial charge in [0, 0.05) is 28.3 Å². The molecule has 1 aromatic carbocycles. The molecule has 1 amide bonds. The van der Waals surface area contributed by atoms with E-state index in [4.69, 9.17) is 16.7 Å². The van der Waals surface area contributed by atoms with Crippen molar-refractivity contribution < 1.29 is 19.6 Å². The van der Waals surface area contributed by atoms with Crippen LogP contribution in [-0.4, -0.2) is 38.9 Å². The number of carbonyl (C=O) groups excluding carboxylic acids is 1. The van der Waals surface area contributed by atoms with Crippen LogP contribution in [0.4, 0.5) is 5.69 Å². The Morgan fingerprint density at radius 3 is 2.33 bits per heavy atom. The molecule has 0 radical (unpaired) electrons. The number of carboxylic acids is 1. The summed E-state index contributed by atoms with van der Waals surface area (Å²) in [5.74, 6) is -1.80. The number of carbonyl (C=O) groups is 2. The summed E-state index contributed by atoms with van der Waals surface area (Å²) in [5, 5.41) is 19.8. The van der Waals surface area contributed by atoms with E-state index >= 15 is 0 Å². The van der Waals surface area contributed by atoms with Crippen molar-refractivity contribution in [1.29, 1.82) is 0 Å². The molecule has 7 nitrogen and oxygen atoms in total. The Labute approximate surface area is 126 Å². The van der Waals surface area contributed by atoms with Gasteiger partial charge in [-0.1, -0.05) is 11.6 Å². The van der Waals surface area contributed by atoms with Gasteiger partial charge in [0.15, 0.2) is 0 Å². The van der Waals surface area contributed by atoms with E-state index in [9.17, 15) is 19.7 Å². The first-order valence-corrected chi connectivity index (χ1v) is 6.39. The van der Waals surface area contributed by atoms with Crippen LogP contribution in [0.5, 0.6) is 0 Å². The highest BCUT2D eigenvalue weighted by Gasteiger charge is 2.30. The van der Waals surface area contributed by atoms with Crippen LogP contribution in [0.25, 0.3) is 0 Å².